The van der Waals surface area contributed by atoms with Crippen molar-refractivity contribution in [3.8, 4) is 5.69 Å². The van der Waals surface area contributed by atoms with Gasteiger partial charge in [-0.05, 0) is 70.2 Å². The quantitative estimate of drug-likeness (QED) is 0.682. The lowest BCUT2D eigenvalue weighted by Gasteiger charge is -2.57. The highest BCUT2D eigenvalue weighted by Crippen LogP contribution is 2.57. The summed E-state index contributed by atoms with van der Waals surface area (Å²) >= 11 is 0. The molecule has 4 nitrogen and oxygen atoms in total. The third kappa shape index (κ3) is 2.61. The number of hydrogen-bond donors (Lipinski definition) is 0. The first-order valence-corrected chi connectivity index (χ1v) is 10.6. The molecule has 1 aromatic carbocycles. The van der Waals surface area contributed by atoms with Crippen molar-refractivity contribution in [3.63, 3.8) is 0 Å². The molecule has 148 valence electrons. The van der Waals surface area contributed by atoms with Crippen LogP contribution in [-0.4, -0.2) is 27.8 Å². The maximum atomic E-state index is 6.59. The van der Waals surface area contributed by atoms with Gasteiger partial charge in [0, 0.05) is 11.8 Å². The Labute approximate surface area is 167 Å². The van der Waals surface area contributed by atoms with Crippen molar-refractivity contribution in [1.29, 1.82) is 0 Å². The van der Waals surface area contributed by atoms with Crippen LogP contribution in [0.25, 0.3) is 11.8 Å². The summed E-state index contributed by atoms with van der Waals surface area (Å²) in [5.41, 5.74) is 6.19. The lowest BCUT2D eigenvalue weighted by atomic mass is 9.61. The van der Waals surface area contributed by atoms with Crippen LogP contribution < -0.4 is 0 Å². The summed E-state index contributed by atoms with van der Waals surface area (Å²) < 4.78 is 15.3. The van der Waals surface area contributed by atoms with Crippen LogP contribution >= 0.6 is 0 Å². The third-order valence-electron chi connectivity index (χ3n) is 6.97. The van der Waals surface area contributed by atoms with Crippen LogP contribution in [0.2, 0.25) is 0 Å². The molecule has 2 fully saturated rings. The zero-order chi connectivity index (χ0) is 19.5. The van der Waals surface area contributed by atoms with Gasteiger partial charge in [-0.3, -0.25) is 0 Å². The Hall–Kier alpha value is -1.91. The Bertz CT molecular complexity index is 917. The van der Waals surface area contributed by atoms with Gasteiger partial charge in [-0.2, -0.15) is 5.10 Å². The number of aryl methyl sites for hydroxylation is 1. The molecule has 1 saturated heterocycles. The third-order valence-corrected chi connectivity index (χ3v) is 6.97. The summed E-state index contributed by atoms with van der Waals surface area (Å²) in [5, 5.41) is 4.74. The molecule has 1 aliphatic heterocycles. The molecule has 0 unspecified atom stereocenters. The summed E-state index contributed by atoms with van der Waals surface area (Å²) in [6.45, 7) is 8.83. The van der Waals surface area contributed by atoms with Crippen LogP contribution in [0.15, 0.2) is 36.0 Å². The van der Waals surface area contributed by atoms with Crippen molar-refractivity contribution < 1.29 is 9.47 Å². The lowest BCUT2D eigenvalue weighted by molar-refractivity contribution is -0.358. The van der Waals surface area contributed by atoms with E-state index in [0.717, 1.165) is 37.8 Å². The molecule has 1 aromatic heterocycles. The average molecular weight is 379 g/mol. The minimum absolute atomic E-state index is 0.137. The summed E-state index contributed by atoms with van der Waals surface area (Å²) in [6, 6.07) is 8.58. The summed E-state index contributed by atoms with van der Waals surface area (Å²) in [6.07, 6.45) is 9.92. The van der Waals surface area contributed by atoms with E-state index in [9.17, 15) is 0 Å². The number of benzene rings is 1. The van der Waals surface area contributed by atoms with Crippen LogP contribution in [0, 0.1) is 12.3 Å². The topological polar surface area (TPSA) is 36.3 Å². The zero-order valence-electron chi connectivity index (χ0n) is 17.4. The highest BCUT2D eigenvalue weighted by atomic mass is 16.7. The molecule has 3 atom stereocenters. The molecule has 1 spiro atoms. The molecular weight excluding hydrogens is 348 g/mol. The van der Waals surface area contributed by atoms with E-state index in [2.05, 4.69) is 62.7 Å². The number of nitrogens with zero attached hydrogens (tertiary/aromatic N) is 2. The standard InChI is InChI=1S/C24H30N2O2/c1-16-7-9-21(10-8-16)26-22-13-20-6-5-11-24(27-17(2)12-18(3)28-24)23(20,4)14-19(22)15-25-26/h7-10,13,15,17-18H,5-6,11-12,14H2,1-4H3/t17-,18-,23+/m1/s1. The van der Waals surface area contributed by atoms with Gasteiger partial charge in [-0.15, -0.1) is 0 Å². The molecule has 0 radical (unpaired) electrons. The number of rotatable bonds is 1. The van der Waals surface area contributed by atoms with E-state index in [-0.39, 0.29) is 17.6 Å². The second-order valence-electron chi connectivity index (χ2n) is 9.18. The highest BCUT2D eigenvalue weighted by Gasteiger charge is 2.58. The maximum Gasteiger partial charge on any atom is 0.178 e. The van der Waals surface area contributed by atoms with E-state index in [4.69, 9.17) is 14.6 Å². The maximum absolute atomic E-state index is 6.59. The Balaban J connectivity index is 1.58. The van der Waals surface area contributed by atoms with Crippen molar-refractivity contribution in [2.24, 2.45) is 5.41 Å². The van der Waals surface area contributed by atoms with Gasteiger partial charge in [0.2, 0.25) is 0 Å². The molecule has 28 heavy (non-hydrogen) atoms. The van der Waals surface area contributed by atoms with Gasteiger partial charge in [-0.1, -0.05) is 30.2 Å². The van der Waals surface area contributed by atoms with E-state index in [1.165, 1.54) is 22.4 Å². The molecule has 4 heteroatoms. The molecule has 5 rings (SSSR count). The van der Waals surface area contributed by atoms with Gasteiger partial charge in [0.25, 0.3) is 0 Å². The van der Waals surface area contributed by atoms with E-state index in [0.29, 0.717) is 0 Å². The molecule has 0 amide bonds. The molecular formula is C24H30N2O2. The first kappa shape index (κ1) is 18.1. The molecule has 1 saturated carbocycles. The molecule has 2 heterocycles. The van der Waals surface area contributed by atoms with E-state index in [1.54, 1.807) is 0 Å². The monoisotopic (exact) mass is 378 g/mol. The van der Waals surface area contributed by atoms with Gasteiger partial charge >= 0.3 is 0 Å². The predicted molar refractivity (Wildman–Crippen MR) is 110 cm³/mol. The molecule has 2 aromatic rings. The first-order chi connectivity index (χ1) is 13.4. The van der Waals surface area contributed by atoms with Crippen LogP contribution in [-0.2, 0) is 15.9 Å². The zero-order valence-corrected chi connectivity index (χ0v) is 17.4. The Morgan fingerprint density at radius 2 is 1.82 bits per heavy atom. The molecule has 2 aliphatic carbocycles. The van der Waals surface area contributed by atoms with Crippen LogP contribution in [0.5, 0.6) is 0 Å². The predicted octanol–water partition coefficient (Wildman–Crippen LogP) is 5.22. The fraction of sp³-hybridized carbons (Fsp3) is 0.542. The Morgan fingerprint density at radius 3 is 2.54 bits per heavy atom. The summed E-state index contributed by atoms with van der Waals surface area (Å²) in [5.74, 6) is -0.516. The van der Waals surface area contributed by atoms with E-state index in [1.807, 2.05) is 6.20 Å². The van der Waals surface area contributed by atoms with Gasteiger partial charge in [0.1, 0.15) is 0 Å². The van der Waals surface area contributed by atoms with Crippen LogP contribution in [0.4, 0.5) is 0 Å². The molecule has 0 N–H and O–H groups in total. The van der Waals surface area contributed by atoms with E-state index < -0.39 is 5.79 Å². The van der Waals surface area contributed by atoms with Crippen molar-refractivity contribution in [2.45, 2.75) is 77.8 Å². The summed E-state index contributed by atoms with van der Waals surface area (Å²) in [4.78, 5) is 0. The second kappa shape index (κ2) is 6.30. The fourth-order valence-electron chi connectivity index (χ4n) is 5.53. The van der Waals surface area contributed by atoms with E-state index >= 15 is 0 Å². The highest BCUT2D eigenvalue weighted by molar-refractivity contribution is 5.62. The van der Waals surface area contributed by atoms with Gasteiger partial charge in [0.15, 0.2) is 5.79 Å². The number of aromatic nitrogens is 2. The minimum Gasteiger partial charge on any atom is -0.346 e. The van der Waals surface area contributed by atoms with Crippen molar-refractivity contribution in [3.05, 3.63) is 52.9 Å². The van der Waals surface area contributed by atoms with Gasteiger partial charge in [0.05, 0.1) is 29.8 Å². The minimum atomic E-state index is -0.516. The van der Waals surface area contributed by atoms with Gasteiger partial charge < -0.3 is 9.47 Å². The lowest BCUT2D eigenvalue weighted by Crippen LogP contribution is -2.60. The largest absolute Gasteiger partial charge is 0.346 e. The van der Waals surface area contributed by atoms with Crippen molar-refractivity contribution in [2.75, 3.05) is 0 Å². The average Bonchev–Trinajstić information content (AvgIpc) is 3.03. The normalized spacial score (nSPS) is 34.6. The van der Waals surface area contributed by atoms with Gasteiger partial charge in [-0.25, -0.2) is 4.68 Å². The second-order valence-corrected chi connectivity index (χ2v) is 9.18. The number of ether oxygens (including phenoxy) is 2. The first-order valence-electron chi connectivity index (χ1n) is 10.6. The molecule has 0 bridgehead atoms. The smallest absolute Gasteiger partial charge is 0.178 e. The Kier molecular flexibility index (Phi) is 4.08. The number of fused-ring (bicyclic) bond motifs is 3. The van der Waals surface area contributed by atoms with Crippen LogP contribution in [0.3, 0.4) is 0 Å². The molecule has 3 aliphatic rings. The van der Waals surface area contributed by atoms with Crippen LogP contribution in [0.1, 0.15) is 63.3 Å². The van der Waals surface area contributed by atoms with Crippen molar-refractivity contribution in [1.82, 2.24) is 9.78 Å². The fourth-order valence-corrected chi connectivity index (χ4v) is 5.53. The summed E-state index contributed by atoms with van der Waals surface area (Å²) in [7, 11) is 0. The SMILES string of the molecule is Cc1ccc(-n2ncc3c2C=C2CCCC4(O[C@H](C)C[C@@H](C)O4)[C@@]2(C)C3)cc1. The number of hydrogen-bond acceptors (Lipinski definition) is 3. The Morgan fingerprint density at radius 1 is 1.11 bits per heavy atom. The van der Waals surface area contributed by atoms with Crippen molar-refractivity contribution >= 4 is 6.08 Å².